The Labute approximate surface area is 170 Å². The number of amides is 1. The summed E-state index contributed by atoms with van der Waals surface area (Å²) in [6.45, 7) is 2.79. The number of nitrogen functional groups attached to an aromatic ring is 1. The lowest BCUT2D eigenvalue weighted by Gasteiger charge is -2.33. The molecule has 0 unspecified atom stereocenters. The predicted molar refractivity (Wildman–Crippen MR) is 112 cm³/mol. The van der Waals surface area contributed by atoms with Crippen molar-refractivity contribution in [3.63, 3.8) is 0 Å². The van der Waals surface area contributed by atoms with Crippen LogP contribution in [0.25, 0.3) is 11.1 Å². The molecule has 0 aliphatic carbocycles. The zero-order chi connectivity index (χ0) is 17.2. The van der Waals surface area contributed by atoms with Crippen molar-refractivity contribution >= 4 is 53.5 Å². The van der Waals surface area contributed by atoms with Gasteiger partial charge in [0.15, 0.2) is 5.58 Å². The Bertz CT molecular complexity index is 857. The third-order valence-corrected chi connectivity index (χ3v) is 4.52. The van der Waals surface area contributed by atoms with Crippen molar-refractivity contribution in [1.82, 2.24) is 9.88 Å². The van der Waals surface area contributed by atoms with Crippen LogP contribution in [0.4, 0.5) is 11.7 Å². The third kappa shape index (κ3) is 4.64. The number of fused-ring (bicyclic) bond motifs is 1. The first kappa shape index (κ1) is 20.9. The molecule has 144 valence electrons. The second kappa shape index (κ2) is 8.97. The van der Waals surface area contributed by atoms with Gasteiger partial charge in [-0.05, 0) is 29.8 Å². The van der Waals surface area contributed by atoms with Crippen LogP contribution >= 0.6 is 24.8 Å². The molecule has 2 aromatic carbocycles. The number of piperazine rings is 1. The maximum Gasteiger partial charge on any atom is 0.298 e. The molecule has 1 aromatic heterocycles. The molecule has 0 bridgehead atoms. The number of hydrogen-bond donors (Lipinski definition) is 1. The summed E-state index contributed by atoms with van der Waals surface area (Å²) in [6.07, 6.45) is 0.406. The smallest absolute Gasteiger partial charge is 0.298 e. The Morgan fingerprint density at radius 3 is 2.33 bits per heavy atom. The molecule has 1 saturated heterocycles. The number of benzene rings is 2. The van der Waals surface area contributed by atoms with E-state index in [1.54, 1.807) is 0 Å². The number of aromatic nitrogens is 1. The maximum absolute atomic E-state index is 12.5. The summed E-state index contributed by atoms with van der Waals surface area (Å²) in [5.74, 6) is 0.141. The van der Waals surface area contributed by atoms with E-state index in [-0.39, 0.29) is 30.7 Å². The fraction of sp³-hybridized carbons (Fsp3) is 0.263. The zero-order valence-corrected chi connectivity index (χ0v) is 16.3. The largest absolute Gasteiger partial charge is 0.423 e. The Kier molecular flexibility index (Phi) is 6.93. The summed E-state index contributed by atoms with van der Waals surface area (Å²) in [4.78, 5) is 21.0. The monoisotopic (exact) mass is 408 g/mol. The Morgan fingerprint density at radius 1 is 1.00 bits per heavy atom. The minimum atomic E-state index is 0. The number of rotatable bonds is 3. The summed E-state index contributed by atoms with van der Waals surface area (Å²) in [5, 5.41) is 0. The topological polar surface area (TPSA) is 75.6 Å². The fourth-order valence-corrected chi connectivity index (χ4v) is 3.06. The van der Waals surface area contributed by atoms with Crippen molar-refractivity contribution in [2.45, 2.75) is 6.42 Å². The number of nitrogens with two attached hydrogens (primary N) is 1. The van der Waals surface area contributed by atoms with Crippen LogP contribution in [0.2, 0.25) is 0 Å². The zero-order valence-electron chi connectivity index (χ0n) is 14.7. The van der Waals surface area contributed by atoms with E-state index in [2.05, 4.69) is 9.88 Å². The molecule has 1 fully saturated rings. The van der Waals surface area contributed by atoms with Gasteiger partial charge in [-0.1, -0.05) is 24.3 Å². The predicted octanol–water partition coefficient (Wildman–Crippen LogP) is 3.14. The van der Waals surface area contributed by atoms with Crippen molar-refractivity contribution in [1.29, 1.82) is 0 Å². The second-order valence-electron chi connectivity index (χ2n) is 6.25. The molecule has 0 radical (unpaired) electrons. The van der Waals surface area contributed by atoms with Crippen molar-refractivity contribution in [2.75, 3.05) is 36.8 Å². The molecule has 4 rings (SSSR count). The first-order valence-electron chi connectivity index (χ1n) is 8.42. The highest BCUT2D eigenvalue weighted by Gasteiger charge is 2.24. The summed E-state index contributed by atoms with van der Waals surface area (Å²) >= 11 is 0. The molecule has 1 aliphatic heterocycles. The van der Waals surface area contributed by atoms with Crippen molar-refractivity contribution in [3.8, 4) is 0 Å². The van der Waals surface area contributed by atoms with Gasteiger partial charge in [0.25, 0.3) is 6.01 Å². The van der Waals surface area contributed by atoms with Crippen LogP contribution < -0.4 is 10.6 Å². The molecule has 1 aliphatic rings. The van der Waals surface area contributed by atoms with Crippen molar-refractivity contribution < 1.29 is 9.21 Å². The number of anilines is 2. The summed E-state index contributed by atoms with van der Waals surface area (Å²) in [7, 11) is 0. The van der Waals surface area contributed by atoms with E-state index < -0.39 is 0 Å². The van der Waals surface area contributed by atoms with Gasteiger partial charge in [-0.3, -0.25) is 4.79 Å². The molecule has 27 heavy (non-hydrogen) atoms. The summed E-state index contributed by atoms with van der Waals surface area (Å²) in [6, 6.07) is 15.8. The quantitative estimate of drug-likeness (QED) is 0.673. The molecule has 6 nitrogen and oxygen atoms in total. The molecule has 0 atom stereocenters. The van der Waals surface area contributed by atoms with Crippen molar-refractivity contribution in [2.24, 2.45) is 0 Å². The van der Waals surface area contributed by atoms with Crippen LogP contribution in [0, 0.1) is 0 Å². The minimum Gasteiger partial charge on any atom is -0.423 e. The number of halogens is 2. The Morgan fingerprint density at radius 2 is 1.67 bits per heavy atom. The maximum atomic E-state index is 12.5. The number of para-hydroxylation sites is 2. The standard InChI is InChI=1S/C19H20N4O2.2ClH/c20-15-7-5-14(6-8-15)13-18(24)22-9-11-23(12-10-22)19-21-16-3-1-2-4-17(16)25-19;;/h1-8H,9-13,20H2;2*1H. The van der Waals surface area contributed by atoms with Crippen LogP contribution in [0.3, 0.4) is 0 Å². The van der Waals surface area contributed by atoms with E-state index in [0.29, 0.717) is 31.2 Å². The van der Waals surface area contributed by atoms with Crippen LogP contribution in [0.15, 0.2) is 52.9 Å². The number of carbonyl (C=O) groups excluding carboxylic acids is 1. The van der Waals surface area contributed by atoms with Gasteiger partial charge >= 0.3 is 0 Å². The van der Waals surface area contributed by atoms with E-state index in [4.69, 9.17) is 10.2 Å². The lowest BCUT2D eigenvalue weighted by Crippen LogP contribution is -2.49. The molecule has 1 amide bonds. The third-order valence-electron chi connectivity index (χ3n) is 4.52. The number of carbonyl (C=O) groups is 1. The fourth-order valence-electron chi connectivity index (χ4n) is 3.06. The summed E-state index contributed by atoms with van der Waals surface area (Å²) < 4.78 is 5.81. The minimum absolute atomic E-state index is 0. The van der Waals surface area contributed by atoms with Crippen LogP contribution in [0.5, 0.6) is 0 Å². The van der Waals surface area contributed by atoms with E-state index in [9.17, 15) is 4.79 Å². The van der Waals surface area contributed by atoms with Gasteiger partial charge in [-0.25, -0.2) is 0 Å². The van der Waals surface area contributed by atoms with Gasteiger partial charge in [-0.2, -0.15) is 4.98 Å². The number of hydrogen-bond acceptors (Lipinski definition) is 5. The van der Waals surface area contributed by atoms with Gasteiger partial charge in [-0.15, -0.1) is 24.8 Å². The highest BCUT2D eigenvalue weighted by atomic mass is 35.5. The van der Waals surface area contributed by atoms with Gasteiger partial charge in [0, 0.05) is 31.9 Å². The lowest BCUT2D eigenvalue weighted by molar-refractivity contribution is -0.130. The molecular weight excluding hydrogens is 387 g/mol. The van der Waals surface area contributed by atoms with E-state index in [0.717, 1.165) is 29.8 Å². The molecule has 0 spiro atoms. The van der Waals surface area contributed by atoms with Gasteiger partial charge in [0.1, 0.15) is 5.52 Å². The van der Waals surface area contributed by atoms with Gasteiger partial charge < -0.3 is 20.0 Å². The van der Waals surface area contributed by atoms with E-state index >= 15 is 0 Å². The molecule has 2 heterocycles. The first-order chi connectivity index (χ1) is 12.2. The average molecular weight is 409 g/mol. The highest BCUT2D eigenvalue weighted by Crippen LogP contribution is 2.22. The normalized spacial score (nSPS) is 13.8. The molecule has 8 heteroatoms. The molecule has 2 N–H and O–H groups in total. The molecule has 3 aromatic rings. The van der Waals surface area contributed by atoms with Gasteiger partial charge in [0.05, 0.1) is 6.42 Å². The highest BCUT2D eigenvalue weighted by molar-refractivity contribution is 5.85. The van der Waals surface area contributed by atoms with Crippen LogP contribution in [0.1, 0.15) is 5.56 Å². The van der Waals surface area contributed by atoms with Gasteiger partial charge in [0.2, 0.25) is 5.91 Å². The van der Waals surface area contributed by atoms with Crippen LogP contribution in [-0.4, -0.2) is 42.0 Å². The average Bonchev–Trinajstić information content (AvgIpc) is 3.08. The summed E-state index contributed by atoms with van der Waals surface area (Å²) in [5.41, 5.74) is 9.03. The number of oxazole rings is 1. The lowest BCUT2D eigenvalue weighted by atomic mass is 10.1. The first-order valence-corrected chi connectivity index (χ1v) is 8.42. The second-order valence-corrected chi connectivity index (χ2v) is 6.25. The van der Waals surface area contributed by atoms with Crippen molar-refractivity contribution in [3.05, 3.63) is 54.1 Å². The van der Waals surface area contributed by atoms with E-state index in [1.807, 2.05) is 53.4 Å². The Balaban J connectivity index is 0.00000131. The van der Waals surface area contributed by atoms with E-state index in [1.165, 1.54) is 0 Å². The van der Waals surface area contributed by atoms with Crippen LogP contribution in [-0.2, 0) is 11.2 Å². The SMILES string of the molecule is Cl.Cl.Nc1ccc(CC(=O)N2CCN(c3nc4ccccc4o3)CC2)cc1. The number of nitrogens with zero attached hydrogens (tertiary/aromatic N) is 3. The molecular formula is C19H22Cl2N4O2. The molecule has 0 saturated carbocycles. The Hall–Kier alpha value is -2.44.